The first kappa shape index (κ1) is 23.3. The monoisotopic (exact) mass is 468 g/mol. The van der Waals surface area contributed by atoms with Crippen LogP contribution < -0.4 is 15.0 Å². The molecule has 2 heterocycles. The summed E-state index contributed by atoms with van der Waals surface area (Å²) >= 11 is 1.80. The average Bonchev–Trinajstić information content (AvgIpc) is 2.75. The Labute approximate surface area is 183 Å². The number of hydrogen-bond donors (Lipinski definition) is 0. The van der Waals surface area contributed by atoms with E-state index in [9.17, 15) is 21.6 Å². The molecule has 9 heteroatoms. The molecule has 164 valence electrons. The summed E-state index contributed by atoms with van der Waals surface area (Å²) in [4.78, 5) is 2.51. The zero-order valence-electron chi connectivity index (χ0n) is 17.0. The number of halogens is 3. The van der Waals surface area contributed by atoms with Crippen LogP contribution in [0, 0.1) is 0 Å². The number of hydrogen-bond acceptors (Lipinski definition) is 4. The Morgan fingerprint density at radius 2 is 1.94 bits per heavy atom. The summed E-state index contributed by atoms with van der Waals surface area (Å²) in [5.74, 6) is 0. The van der Waals surface area contributed by atoms with E-state index in [0.29, 0.717) is 7.11 Å². The average molecular weight is 469 g/mol. The lowest BCUT2D eigenvalue weighted by atomic mass is 9.95. The maximum absolute atomic E-state index is 11.1. The molecular formula is C22H21F3NO3S2+. The van der Waals surface area contributed by atoms with E-state index in [2.05, 4.69) is 65.4 Å². The number of aromatic nitrogens is 1. The Hall–Kier alpha value is -2.36. The SMILES string of the molecule is C=CC1=c2c([n+](C)c3c(c2=C)CCC=C3)-c2ccccc2S1.COS(=O)(=O)C(F)(F)F. The third-order valence-electron chi connectivity index (χ3n) is 5.04. The number of pyridine rings is 1. The molecule has 4 nitrogen and oxygen atoms in total. The van der Waals surface area contributed by atoms with E-state index in [0.717, 1.165) is 12.8 Å². The number of rotatable bonds is 2. The molecule has 2 aromatic rings. The van der Waals surface area contributed by atoms with Gasteiger partial charge in [-0.2, -0.15) is 26.2 Å². The summed E-state index contributed by atoms with van der Waals surface area (Å²) in [7, 11) is -2.72. The molecule has 0 atom stereocenters. The zero-order chi connectivity index (χ0) is 23.0. The van der Waals surface area contributed by atoms with Crippen LogP contribution in [0.4, 0.5) is 13.2 Å². The largest absolute Gasteiger partial charge is 0.523 e. The maximum Gasteiger partial charge on any atom is 0.523 e. The van der Waals surface area contributed by atoms with Crippen LogP contribution in [-0.4, -0.2) is 21.0 Å². The van der Waals surface area contributed by atoms with Gasteiger partial charge in [-0.25, -0.2) is 0 Å². The first-order valence-electron chi connectivity index (χ1n) is 9.24. The van der Waals surface area contributed by atoms with Crippen molar-refractivity contribution in [2.75, 3.05) is 7.11 Å². The van der Waals surface area contributed by atoms with Gasteiger partial charge in [0.15, 0.2) is 0 Å². The molecule has 0 bridgehead atoms. The minimum absolute atomic E-state index is 0.447. The first-order valence-corrected chi connectivity index (χ1v) is 11.5. The van der Waals surface area contributed by atoms with Crippen molar-refractivity contribution >= 4 is 39.4 Å². The standard InChI is InChI=1S/C20H18NS.C2H3F3O3S/c1-4-17-19-13(2)14-9-5-7-11-16(14)21(3)20(19)15-10-6-8-12-18(15)22-17;1-8-9(6,7)2(3,4)5/h4,6-8,10-12H,1-2,5,9H2,3H3;1H3/q+1;. The summed E-state index contributed by atoms with van der Waals surface area (Å²) in [6.45, 7) is 8.46. The van der Waals surface area contributed by atoms with Gasteiger partial charge in [0, 0.05) is 21.4 Å². The molecule has 0 saturated heterocycles. The van der Waals surface area contributed by atoms with Gasteiger partial charge in [0.25, 0.3) is 0 Å². The van der Waals surface area contributed by atoms with Gasteiger partial charge in [0.2, 0.25) is 11.4 Å². The van der Waals surface area contributed by atoms with Crippen LogP contribution in [0.25, 0.3) is 28.8 Å². The van der Waals surface area contributed by atoms with Crippen molar-refractivity contribution in [3.8, 4) is 11.3 Å². The topological polar surface area (TPSA) is 47.2 Å². The Bertz CT molecular complexity index is 1300. The van der Waals surface area contributed by atoms with Crippen molar-refractivity contribution in [2.24, 2.45) is 7.05 Å². The minimum Gasteiger partial charge on any atom is -0.267 e. The number of alkyl halides is 3. The third-order valence-corrected chi connectivity index (χ3v) is 7.21. The van der Waals surface area contributed by atoms with E-state index in [-0.39, 0.29) is 0 Å². The fourth-order valence-electron chi connectivity index (χ4n) is 3.59. The number of nitrogens with zero attached hydrogens (tertiary/aromatic N) is 1. The lowest BCUT2D eigenvalue weighted by Crippen LogP contribution is -2.49. The number of fused-ring (bicyclic) bond motifs is 4. The smallest absolute Gasteiger partial charge is 0.267 e. The number of allylic oxidation sites excluding steroid dienone is 1. The fraction of sp³-hybridized carbons (Fsp3) is 0.227. The predicted octanol–water partition coefficient (Wildman–Crippen LogP) is 3.43. The third kappa shape index (κ3) is 4.22. The van der Waals surface area contributed by atoms with Crippen molar-refractivity contribution in [1.82, 2.24) is 0 Å². The van der Waals surface area contributed by atoms with Crippen LogP contribution in [0.3, 0.4) is 0 Å². The van der Waals surface area contributed by atoms with Crippen LogP contribution >= 0.6 is 11.8 Å². The van der Waals surface area contributed by atoms with Crippen LogP contribution in [0.2, 0.25) is 0 Å². The molecule has 1 aliphatic carbocycles. The van der Waals surface area contributed by atoms with Gasteiger partial charge in [-0.15, -0.1) is 0 Å². The van der Waals surface area contributed by atoms with Crippen molar-refractivity contribution in [2.45, 2.75) is 23.2 Å². The van der Waals surface area contributed by atoms with Crippen LogP contribution in [0.1, 0.15) is 17.7 Å². The van der Waals surface area contributed by atoms with Crippen molar-refractivity contribution in [3.63, 3.8) is 0 Å². The summed E-state index contributed by atoms with van der Waals surface area (Å²) in [6, 6.07) is 8.60. The van der Waals surface area contributed by atoms with E-state index in [1.807, 2.05) is 6.08 Å². The van der Waals surface area contributed by atoms with Crippen LogP contribution in [0.5, 0.6) is 0 Å². The van der Waals surface area contributed by atoms with E-state index in [1.54, 1.807) is 11.8 Å². The molecule has 0 amide bonds. The quantitative estimate of drug-likeness (QED) is 0.385. The summed E-state index contributed by atoms with van der Waals surface area (Å²) in [5, 5.41) is 2.43. The Morgan fingerprint density at radius 1 is 1.26 bits per heavy atom. The number of benzene rings is 1. The molecule has 31 heavy (non-hydrogen) atoms. The predicted molar refractivity (Wildman–Crippen MR) is 117 cm³/mol. The lowest BCUT2D eigenvalue weighted by molar-refractivity contribution is -0.663. The van der Waals surface area contributed by atoms with Crippen LogP contribution in [0.15, 0.2) is 47.9 Å². The second-order valence-electron chi connectivity index (χ2n) is 6.80. The maximum atomic E-state index is 11.1. The molecule has 0 unspecified atom stereocenters. The summed E-state index contributed by atoms with van der Waals surface area (Å²) in [6.07, 6.45) is 8.64. The minimum atomic E-state index is -5.34. The Kier molecular flexibility index (Phi) is 6.50. The molecule has 2 aliphatic rings. The molecule has 0 saturated carbocycles. The molecule has 1 aromatic heterocycles. The van der Waals surface area contributed by atoms with E-state index in [4.69, 9.17) is 0 Å². The van der Waals surface area contributed by atoms with Crippen molar-refractivity contribution in [3.05, 3.63) is 64.7 Å². The van der Waals surface area contributed by atoms with Gasteiger partial charge >= 0.3 is 15.6 Å². The molecule has 0 radical (unpaired) electrons. The molecule has 1 aliphatic heterocycles. The van der Waals surface area contributed by atoms with Crippen molar-refractivity contribution in [1.29, 1.82) is 0 Å². The second kappa shape index (κ2) is 8.64. The lowest BCUT2D eigenvalue weighted by Gasteiger charge is -2.19. The van der Waals surface area contributed by atoms with E-state index < -0.39 is 15.6 Å². The number of thioether (sulfide) groups is 1. The highest BCUT2D eigenvalue weighted by atomic mass is 32.2. The van der Waals surface area contributed by atoms with E-state index >= 15 is 0 Å². The van der Waals surface area contributed by atoms with Crippen LogP contribution in [-0.2, 0) is 27.8 Å². The summed E-state index contributed by atoms with van der Waals surface area (Å²) < 4.78 is 58.2. The highest BCUT2D eigenvalue weighted by Gasteiger charge is 2.46. The second-order valence-corrected chi connectivity index (χ2v) is 9.59. The van der Waals surface area contributed by atoms with Gasteiger partial charge in [0.05, 0.1) is 17.9 Å². The molecular weight excluding hydrogens is 447 g/mol. The Morgan fingerprint density at radius 3 is 2.52 bits per heavy atom. The molecule has 0 spiro atoms. The fourth-order valence-corrected chi connectivity index (χ4v) is 4.85. The van der Waals surface area contributed by atoms with Gasteiger partial charge in [0.1, 0.15) is 7.05 Å². The van der Waals surface area contributed by atoms with Gasteiger partial charge in [-0.1, -0.05) is 49.2 Å². The molecule has 1 aromatic carbocycles. The Balaban J connectivity index is 0.000000259. The normalized spacial score (nSPS) is 14.7. The van der Waals surface area contributed by atoms with Crippen molar-refractivity contribution < 1.29 is 30.3 Å². The first-order chi connectivity index (χ1) is 14.5. The van der Waals surface area contributed by atoms with Gasteiger partial charge in [-0.3, -0.25) is 4.18 Å². The van der Waals surface area contributed by atoms with E-state index in [1.165, 1.54) is 42.8 Å². The van der Waals surface area contributed by atoms with Gasteiger partial charge < -0.3 is 0 Å². The summed E-state index contributed by atoms with van der Waals surface area (Å²) in [5.41, 5.74) is -0.0769. The molecule has 0 fully saturated rings. The van der Waals surface area contributed by atoms with Gasteiger partial charge in [-0.05, 0) is 30.2 Å². The highest BCUT2D eigenvalue weighted by Crippen LogP contribution is 2.37. The highest BCUT2D eigenvalue weighted by molar-refractivity contribution is 8.08. The zero-order valence-corrected chi connectivity index (χ0v) is 18.6. The molecule has 0 N–H and O–H groups in total. The molecule has 4 rings (SSSR count).